The van der Waals surface area contributed by atoms with Crippen molar-refractivity contribution in [2.24, 2.45) is 0 Å². The Balaban J connectivity index is 1.87. The van der Waals surface area contributed by atoms with E-state index in [4.69, 9.17) is 4.52 Å². The van der Waals surface area contributed by atoms with Gasteiger partial charge in [-0.25, -0.2) is 0 Å². The first-order valence-corrected chi connectivity index (χ1v) is 8.57. The highest BCUT2D eigenvalue weighted by Gasteiger charge is 2.29. The minimum Gasteiger partial charge on any atom is -0.506 e. The minimum atomic E-state index is 0.203. The van der Waals surface area contributed by atoms with Crippen LogP contribution in [0.15, 0.2) is 16.0 Å². The molecule has 2 unspecified atom stereocenters. The summed E-state index contributed by atoms with van der Waals surface area (Å²) in [4.78, 5) is 5.07. The maximum Gasteiger partial charge on any atom is 0.271 e. The molecule has 3 heterocycles. The molecular weight excluding hydrogens is 288 g/mol. The second kappa shape index (κ2) is 5.14. The van der Waals surface area contributed by atoms with Crippen LogP contribution in [0, 0.1) is 0 Å². The molecule has 3 rings (SSSR count). The van der Waals surface area contributed by atoms with Gasteiger partial charge in [0.05, 0.1) is 5.25 Å². The van der Waals surface area contributed by atoms with Crippen molar-refractivity contribution in [3.63, 3.8) is 0 Å². The second-order valence-electron chi connectivity index (χ2n) is 3.96. The topological polar surface area (TPSA) is 59.2 Å². The second-order valence-corrected chi connectivity index (χ2v) is 7.61. The average molecular weight is 300 g/mol. The Morgan fingerprint density at radius 2 is 2.22 bits per heavy atom. The Labute approximate surface area is 117 Å². The van der Waals surface area contributed by atoms with Gasteiger partial charge < -0.3 is 9.63 Å². The number of hydrogen-bond acceptors (Lipinski definition) is 7. The monoisotopic (exact) mass is 300 g/mol. The first-order valence-electron chi connectivity index (χ1n) is 5.59. The SMILES string of the molecule is CC1SCCSC1c1noc(-c2sccc2O)n1. The summed E-state index contributed by atoms with van der Waals surface area (Å²) in [7, 11) is 0. The van der Waals surface area contributed by atoms with E-state index >= 15 is 0 Å². The molecule has 1 aliphatic heterocycles. The quantitative estimate of drug-likeness (QED) is 0.917. The normalized spacial score (nSPS) is 24.3. The fraction of sp³-hybridized carbons (Fsp3) is 0.455. The van der Waals surface area contributed by atoms with Gasteiger partial charge >= 0.3 is 0 Å². The van der Waals surface area contributed by atoms with E-state index in [9.17, 15) is 5.11 Å². The first-order chi connectivity index (χ1) is 8.75. The Hall–Kier alpha value is -0.660. The molecule has 0 aliphatic carbocycles. The summed E-state index contributed by atoms with van der Waals surface area (Å²) in [5.41, 5.74) is 0. The molecule has 1 fully saturated rings. The maximum absolute atomic E-state index is 9.65. The molecular formula is C11H12N2O2S3. The zero-order chi connectivity index (χ0) is 12.5. The molecule has 2 aromatic rings. The lowest BCUT2D eigenvalue weighted by molar-refractivity contribution is 0.418. The molecule has 4 nitrogen and oxygen atoms in total. The van der Waals surface area contributed by atoms with Crippen molar-refractivity contribution in [2.45, 2.75) is 17.4 Å². The fourth-order valence-corrected chi connectivity index (χ4v) is 5.21. The third-order valence-corrected chi connectivity index (χ3v) is 6.70. The smallest absolute Gasteiger partial charge is 0.271 e. The van der Waals surface area contributed by atoms with Gasteiger partial charge in [0.2, 0.25) is 0 Å². The third kappa shape index (κ3) is 2.26. The highest BCUT2D eigenvalue weighted by atomic mass is 32.2. The largest absolute Gasteiger partial charge is 0.506 e. The zero-order valence-corrected chi connectivity index (χ0v) is 12.1. The van der Waals surface area contributed by atoms with Crippen LogP contribution >= 0.6 is 34.9 Å². The van der Waals surface area contributed by atoms with Crippen molar-refractivity contribution in [2.75, 3.05) is 11.5 Å². The Kier molecular flexibility index (Phi) is 3.54. The number of hydrogen-bond donors (Lipinski definition) is 1. The molecule has 1 N–H and O–H groups in total. The molecule has 1 aliphatic rings. The van der Waals surface area contributed by atoms with Gasteiger partial charge in [-0.1, -0.05) is 12.1 Å². The summed E-state index contributed by atoms with van der Waals surface area (Å²) in [5.74, 6) is 3.66. The summed E-state index contributed by atoms with van der Waals surface area (Å²) in [6.45, 7) is 2.19. The summed E-state index contributed by atoms with van der Waals surface area (Å²) in [5, 5.41) is 16.3. The van der Waals surface area contributed by atoms with E-state index in [0.29, 0.717) is 16.0 Å². The van der Waals surface area contributed by atoms with Crippen LogP contribution in [-0.4, -0.2) is 32.0 Å². The maximum atomic E-state index is 9.65. The minimum absolute atomic E-state index is 0.203. The van der Waals surface area contributed by atoms with E-state index in [-0.39, 0.29) is 11.0 Å². The molecule has 0 bridgehead atoms. The van der Waals surface area contributed by atoms with Crippen LogP contribution in [0.25, 0.3) is 10.8 Å². The van der Waals surface area contributed by atoms with Crippen molar-refractivity contribution < 1.29 is 9.63 Å². The molecule has 7 heteroatoms. The van der Waals surface area contributed by atoms with E-state index in [1.165, 1.54) is 17.1 Å². The number of aromatic nitrogens is 2. The van der Waals surface area contributed by atoms with E-state index in [2.05, 4.69) is 17.1 Å². The van der Waals surface area contributed by atoms with Gasteiger partial charge in [-0.2, -0.15) is 16.7 Å². The Morgan fingerprint density at radius 3 is 2.94 bits per heavy atom. The number of thioether (sulfide) groups is 2. The van der Waals surface area contributed by atoms with Crippen LogP contribution < -0.4 is 0 Å². The number of nitrogens with zero attached hydrogens (tertiary/aromatic N) is 2. The molecule has 18 heavy (non-hydrogen) atoms. The van der Waals surface area contributed by atoms with Crippen molar-refractivity contribution in [1.82, 2.24) is 10.1 Å². The summed E-state index contributed by atoms with van der Waals surface area (Å²) >= 11 is 5.22. The number of thiophene rings is 1. The van der Waals surface area contributed by atoms with Gasteiger partial charge in [0.1, 0.15) is 10.6 Å². The standard InChI is InChI=1S/C11H12N2O2S3/c1-6-8(18-5-4-16-6)10-12-11(15-13-10)9-7(14)2-3-17-9/h2-3,6,8,14H,4-5H2,1H3. The molecule has 1 saturated heterocycles. The predicted octanol–water partition coefficient (Wildman–Crippen LogP) is 3.41. The van der Waals surface area contributed by atoms with Crippen molar-refractivity contribution in [3.05, 3.63) is 17.3 Å². The molecule has 0 amide bonds. The molecule has 0 radical (unpaired) electrons. The van der Waals surface area contributed by atoms with Crippen LogP contribution in [0.1, 0.15) is 18.0 Å². The zero-order valence-electron chi connectivity index (χ0n) is 9.70. The van der Waals surface area contributed by atoms with Crippen LogP contribution in [0.5, 0.6) is 5.75 Å². The number of rotatable bonds is 2. The summed E-state index contributed by atoms with van der Waals surface area (Å²) in [6.07, 6.45) is 0. The Morgan fingerprint density at radius 1 is 1.39 bits per heavy atom. The lowest BCUT2D eigenvalue weighted by Crippen LogP contribution is -2.16. The highest BCUT2D eigenvalue weighted by Crippen LogP contribution is 2.42. The van der Waals surface area contributed by atoms with Crippen LogP contribution in [0.2, 0.25) is 0 Å². The number of aromatic hydroxyl groups is 1. The van der Waals surface area contributed by atoms with Gasteiger partial charge in [-0.15, -0.1) is 23.1 Å². The lowest BCUT2D eigenvalue weighted by Gasteiger charge is -2.24. The average Bonchev–Trinajstić information content (AvgIpc) is 2.98. The van der Waals surface area contributed by atoms with Crippen molar-refractivity contribution in [1.29, 1.82) is 0 Å². The van der Waals surface area contributed by atoms with Crippen LogP contribution in [0.4, 0.5) is 0 Å². The first kappa shape index (κ1) is 12.4. The van der Waals surface area contributed by atoms with Gasteiger partial charge in [-0.3, -0.25) is 0 Å². The fourth-order valence-electron chi connectivity index (χ4n) is 1.82. The van der Waals surface area contributed by atoms with Crippen LogP contribution in [-0.2, 0) is 0 Å². The molecule has 0 spiro atoms. The highest BCUT2D eigenvalue weighted by molar-refractivity contribution is 8.06. The molecule has 96 valence electrons. The van der Waals surface area contributed by atoms with E-state index in [1.54, 1.807) is 6.07 Å². The van der Waals surface area contributed by atoms with Crippen molar-refractivity contribution in [3.8, 4) is 16.5 Å². The Bertz CT molecular complexity index is 540. The molecule has 2 aromatic heterocycles. The van der Waals surface area contributed by atoms with Gasteiger partial charge in [0.25, 0.3) is 5.89 Å². The van der Waals surface area contributed by atoms with E-state index < -0.39 is 0 Å². The van der Waals surface area contributed by atoms with Crippen LogP contribution in [0.3, 0.4) is 0 Å². The van der Waals surface area contributed by atoms with Gasteiger partial charge in [0, 0.05) is 16.8 Å². The lowest BCUT2D eigenvalue weighted by atomic mass is 10.3. The summed E-state index contributed by atoms with van der Waals surface area (Å²) < 4.78 is 5.26. The third-order valence-electron chi connectivity index (χ3n) is 2.72. The van der Waals surface area contributed by atoms with Gasteiger partial charge in [0.15, 0.2) is 5.82 Å². The molecule has 0 aromatic carbocycles. The van der Waals surface area contributed by atoms with Gasteiger partial charge in [-0.05, 0) is 11.4 Å². The summed E-state index contributed by atoms with van der Waals surface area (Å²) in [6, 6.07) is 1.64. The molecule has 2 atom stereocenters. The van der Waals surface area contributed by atoms with E-state index in [0.717, 1.165) is 11.6 Å². The molecule has 0 saturated carbocycles. The predicted molar refractivity (Wildman–Crippen MR) is 76.4 cm³/mol. The van der Waals surface area contributed by atoms with E-state index in [1.807, 2.05) is 28.9 Å². The van der Waals surface area contributed by atoms with Crippen molar-refractivity contribution >= 4 is 34.9 Å².